The van der Waals surface area contributed by atoms with Crippen LogP contribution in [0.1, 0.15) is 22.5 Å². The van der Waals surface area contributed by atoms with Crippen LogP contribution >= 0.6 is 11.6 Å². The third-order valence-electron chi connectivity index (χ3n) is 3.75. The van der Waals surface area contributed by atoms with Crippen molar-refractivity contribution >= 4 is 17.5 Å². The van der Waals surface area contributed by atoms with Crippen LogP contribution in [0, 0.1) is 0 Å². The highest BCUT2D eigenvalue weighted by Gasteiger charge is 2.24. The lowest BCUT2D eigenvalue weighted by atomic mass is 10.2. The molecule has 0 bridgehead atoms. The van der Waals surface area contributed by atoms with Crippen LogP contribution in [0.2, 0.25) is 5.02 Å². The van der Waals surface area contributed by atoms with Crippen molar-refractivity contribution in [1.82, 2.24) is 15.2 Å². The predicted octanol–water partition coefficient (Wildman–Crippen LogP) is 2.67. The van der Waals surface area contributed by atoms with Crippen molar-refractivity contribution in [1.29, 1.82) is 0 Å². The molecule has 110 valence electrons. The van der Waals surface area contributed by atoms with Gasteiger partial charge in [0, 0.05) is 31.9 Å². The van der Waals surface area contributed by atoms with E-state index in [4.69, 9.17) is 11.6 Å². The van der Waals surface area contributed by atoms with E-state index in [9.17, 15) is 4.79 Å². The first-order valence-electron chi connectivity index (χ1n) is 7.12. The number of amides is 1. The van der Waals surface area contributed by atoms with Gasteiger partial charge in [0.2, 0.25) is 0 Å². The molecule has 0 aliphatic carbocycles. The second kappa shape index (κ2) is 6.33. The van der Waals surface area contributed by atoms with E-state index >= 15 is 0 Å². The molecule has 3 rings (SSSR count). The Morgan fingerprint density at radius 3 is 2.90 bits per heavy atom. The Kier molecular flexibility index (Phi) is 4.27. The molecule has 1 atom stereocenters. The monoisotopic (exact) mass is 303 g/mol. The summed E-state index contributed by atoms with van der Waals surface area (Å²) >= 11 is 5.82. The molecule has 1 saturated heterocycles. The zero-order valence-electron chi connectivity index (χ0n) is 11.7. The molecule has 1 aliphatic rings. The first-order valence-corrected chi connectivity index (χ1v) is 7.49. The Morgan fingerprint density at radius 1 is 1.38 bits per heavy atom. The van der Waals surface area contributed by atoms with E-state index in [-0.39, 0.29) is 11.9 Å². The number of hydrogen-bond acceptors (Lipinski definition) is 2. The fourth-order valence-corrected chi connectivity index (χ4v) is 2.86. The molecule has 1 aliphatic heterocycles. The van der Waals surface area contributed by atoms with Gasteiger partial charge in [-0.2, -0.15) is 0 Å². The molecule has 0 saturated carbocycles. The zero-order valence-corrected chi connectivity index (χ0v) is 12.4. The van der Waals surface area contributed by atoms with E-state index in [1.165, 1.54) is 5.56 Å². The first-order chi connectivity index (χ1) is 10.2. The summed E-state index contributed by atoms with van der Waals surface area (Å²) in [6, 6.07) is 12.2. The number of aromatic nitrogens is 1. The van der Waals surface area contributed by atoms with E-state index in [1.807, 2.05) is 6.07 Å². The summed E-state index contributed by atoms with van der Waals surface area (Å²) in [7, 11) is 0. The van der Waals surface area contributed by atoms with Gasteiger partial charge in [-0.25, -0.2) is 0 Å². The minimum atomic E-state index is -0.0894. The molecule has 2 N–H and O–H groups in total. The molecule has 2 aromatic rings. The van der Waals surface area contributed by atoms with Crippen LogP contribution in [0.15, 0.2) is 42.6 Å². The van der Waals surface area contributed by atoms with Gasteiger partial charge in [0.1, 0.15) is 5.69 Å². The number of carbonyl (C=O) groups is 1. The number of nitrogens with one attached hydrogen (secondary N) is 2. The van der Waals surface area contributed by atoms with Crippen molar-refractivity contribution in [2.45, 2.75) is 19.0 Å². The highest BCUT2D eigenvalue weighted by Crippen LogP contribution is 2.15. The highest BCUT2D eigenvalue weighted by molar-refractivity contribution is 6.30. The van der Waals surface area contributed by atoms with Crippen molar-refractivity contribution in [3.05, 3.63) is 58.9 Å². The molecule has 2 heterocycles. The third-order valence-corrected chi connectivity index (χ3v) is 3.97. The van der Waals surface area contributed by atoms with Crippen LogP contribution in [-0.2, 0) is 6.54 Å². The molecular formula is C16H18ClN3O. The lowest BCUT2D eigenvalue weighted by Gasteiger charge is -2.16. The summed E-state index contributed by atoms with van der Waals surface area (Å²) < 4.78 is 0. The molecule has 0 radical (unpaired) electrons. The molecule has 1 amide bonds. The average molecular weight is 304 g/mol. The summed E-state index contributed by atoms with van der Waals surface area (Å²) in [6.07, 6.45) is 2.60. The third kappa shape index (κ3) is 3.65. The van der Waals surface area contributed by atoms with Crippen molar-refractivity contribution in [2.24, 2.45) is 0 Å². The number of benzene rings is 1. The van der Waals surface area contributed by atoms with E-state index in [1.54, 1.807) is 12.3 Å². The Balaban J connectivity index is 1.52. The Morgan fingerprint density at radius 2 is 2.19 bits per heavy atom. The highest BCUT2D eigenvalue weighted by atomic mass is 35.5. The van der Waals surface area contributed by atoms with Gasteiger partial charge >= 0.3 is 0 Å². The van der Waals surface area contributed by atoms with Crippen LogP contribution < -0.4 is 5.32 Å². The van der Waals surface area contributed by atoms with Gasteiger partial charge in [-0.15, -0.1) is 0 Å². The van der Waals surface area contributed by atoms with Gasteiger partial charge < -0.3 is 10.3 Å². The minimum absolute atomic E-state index is 0.0894. The second-order valence-electron chi connectivity index (χ2n) is 5.41. The maximum Gasteiger partial charge on any atom is 0.268 e. The topological polar surface area (TPSA) is 48.1 Å². The maximum absolute atomic E-state index is 12.1. The smallest absolute Gasteiger partial charge is 0.268 e. The number of likely N-dealkylation sites (tertiary alicyclic amines) is 1. The molecular weight excluding hydrogens is 286 g/mol. The van der Waals surface area contributed by atoms with Crippen molar-refractivity contribution < 1.29 is 4.79 Å². The molecule has 1 aromatic carbocycles. The van der Waals surface area contributed by atoms with Crippen LogP contribution in [0.4, 0.5) is 0 Å². The number of aromatic amines is 1. The number of hydrogen-bond donors (Lipinski definition) is 2. The van der Waals surface area contributed by atoms with Crippen LogP contribution in [-0.4, -0.2) is 34.9 Å². The van der Waals surface area contributed by atoms with Crippen LogP contribution in [0.5, 0.6) is 0 Å². The number of rotatable bonds is 4. The summed E-state index contributed by atoms with van der Waals surface area (Å²) in [6.45, 7) is 2.82. The average Bonchev–Trinajstić information content (AvgIpc) is 3.09. The Bertz CT molecular complexity index is 611. The van der Waals surface area contributed by atoms with Gasteiger partial charge in [0.15, 0.2) is 0 Å². The standard InChI is InChI=1S/C16H18ClN3O/c17-13-8-15(18-9-13)16(21)19-14-6-7-20(11-14)10-12-4-2-1-3-5-12/h1-5,8-9,14,18H,6-7,10-11H2,(H,19,21). The van der Waals surface area contributed by atoms with E-state index in [0.29, 0.717) is 10.7 Å². The van der Waals surface area contributed by atoms with Gasteiger partial charge in [-0.3, -0.25) is 9.69 Å². The molecule has 1 unspecified atom stereocenters. The summed E-state index contributed by atoms with van der Waals surface area (Å²) in [5.74, 6) is -0.0894. The fraction of sp³-hybridized carbons (Fsp3) is 0.312. The molecule has 0 spiro atoms. The van der Waals surface area contributed by atoms with Gasteiger partial charge in [0.25, 0.3) is 5.91 Å². The Hall–Kier alpha value is -1.78. The molecule has 1 aromatic heterocycles. The van der Waals surface area contributed by atoms with E-state index < -0.39 is 0 Å². The number of H-pyrrole nitrogens is 1. The number of nitrogens with zero attached hydrogens (tertiary/aromatic N) is 1. The first kappa shape index (κ1) is 14.2. The van der Waals surface area contributed by atoms with Crippen molar-refractivity contribution in [2.75, 3.05) is 13.1 Å². The molecule has 5 heteroatoms. The summed E-state index contributed by atoms with van der Waals surface area (Å²) in [5, 5.41) is 3.61. The summed E-state index contributed by atoms with van der Waals surface area (Å²) in [4.78, 5) is 17.3. The van der Waals surface area contributed by atoms with Gasteiger partial charge in [0.05, 0.1) is 5.02 Å². The molecule has 1 fully saturated rings. The van der Waals surface area contributed by atoms with Crippen molar-refractivity contribution in [3.63, 3.8) is 0 Å². The lowest BCUT2D eigenvalue weighted by molar-refractivity contribution is 0.0933. The maximum atomic E-state index is 12.1. The second-order valence-corrected chi connectivity index (χ2v) is 5.85. The normalized spacial score (nSPS) is 18.8. The van der Waals surface area contributed by atoms with Crippen LogP contribution in [0.3, 0.4) is 0 Å². The predicted molar refractivity (Wildman–Crippen MR) is 83.4 cm³/mol. The molecule has 21 heavy (non-hydrogen) atoms. The largest absolute Gasteiger partial charge is 0.356 e. The van der Waals surface area contributed by atoms with E-state index in [2.05, 4.69) is 39.5 Å². The number of carbonyl (C=O) groups excluding carboxylic acids is 1. The minimum Gasteiger partial charge on any atom is -0.356 e. The Labute approximate surface area is 129 Å². The molecule has 4 nitrogen and oxygen atoms in total. The van der Waals surface area contributed by atoms with Gasteiger partial charge in [-0.05, 0) is 18.1 Å². The summed E-state index contributed by atoms with van der Waals surface area (Å²) in [5.41, 5.74) is 1.82. The van der Waals surface area contributed by atoms with Crippen LogP contribution in [0.25, 0.3) is 0 Å². The fourth-order valence-electron chi connectivity index (χ4n) is 2.70. The quantitative estimate of drug-likeness (QED) is 0.912. The SMILES string of the molecule is O=C(NC1CCN(Cc2ccccc2)C1)c1cc(Cl)c[nH]1. The van der Waals surface area contributed by atoms with E-state index in [0.717, 1.165) is 26.1 Å². The van der Waals surface area contributed by atoms with Crippen molar-refractivity contribution in [3.8, 4) is 0 Å². The zero-order chi connectivity index (χ0) is 14.7. The number of halogens is 1. The lowest BCUT2D eigenvalue weighted by Crippen LogP contribution is -2.37. The van der Waals surface area contributed by atoms with Gasteiger partial charge in [-0.1, -0.05) is 41.9 Å².